The number of carbonyl (C=O) groups excluding carboxylic acids is 1. The average molecular weight is 245 g/mol. The predicted octanol–water partition coefficient (Wildman–Crippen LogP) is 1.35. The fourth-order valence-corrected chi connectivity index (χ4v) is 4.59. The molecule has 2 fully saturated rings. The molecule has 18 heavy (non-hydrogen) atoms. The minimum atomic E-state index is 0.215. The topological polar surface area (TPSA) is 40.5 Å². The number of hydrogen-bond donors (Lipinski definition) is 1. The Labute approximate surface area is 107 Å². The Morgan fingerprint density at radius 1 is 1.28 bits per heavy atom. The van der Waals surface area contributed by atoms with Gasteiger partial charge in [-0.3, -0.25) is 4.79 Å². The maximum atomic E-state index is 12.2. The summed E-state index contributed by atoms with van der Waals surface area (Å²) in [5.41, 5.74) is 1.23. The summed E-state index contributed by atoms with van der Waals surface area (Å²) < 4.78 is 0. The van der Waals surface area contributed by atoms with Gasteiger partial charge in [0.05, 0.1) is 12.6 Å². The Bertz CT molecular complexity index is 453. The zero-order valence-electron chi connectivity index (χ0n) is 10.5. The molecule has 4 aliphatic rings. The van der Waals surface area contributed by atoms with Gasteiger partial charge < -0.3 is 10.0 Å². The van der Waals surface area contributed by atoms with Crippen LogP contribution in [0.3, 0.4) is 0 Å². The van der Waals surface area contributed by atoms with Crippen LogP contribution in [0.25, 0.3) is 0 Å². The van der Waals surface area contributed by atoms with Crippen molar-refractivity contribution < 1.29 is 9.90 Å². The lowest BCUT2D eigenvalue weighted by atomic mass is 9.83. The molecule has 0 aromatic rings. The third kappa shape index (κ3) is 1.26. The van der Waals surface area contributed by atoms with E-state index >= 15 is 0 Å². The minimum absolute atomic E-state index is 0.215. The third-order valence-electron chi connectivity index (χ3n) is 5.34. The first-order valence-electron chi connectivity index (χ1n) is 7.11. The van der Waals surface area contributed by atoms with Gasteiger partial charge in [-0.1, -0.05) is 12.2 Å². The monoisotopic (exact) mass is 245 g/mol. The molecular weight excluding hydrogens is 226 g/mol. The van der Waals surface area contributed by atoms with Crippen molar-refractivity contribution in [2.45, 2.75) is 25.3 Å². The molecule has 1 aliphatic heterocycles. The minimum Gasteiger partial charge on any atom is -0.394 e. The largest absolute Gasteiger partial charge is 0.394 e. The van der Waals surface area contributed by atoms with Crippen molar-refractivity contribution in [1.82, 2.24) is 4.90 Å². The Morgan fingerprint density at radius 3 is 2.83 bits per heavy atom. The van der Waals surface area contributed by atoms with E-state index in [1.807, 2.05) is 6.08 Å². The number of rotatable bonds is 2. The zero-order chi connectivity index (χ0) is 12.3. The molecule has 1 heterocycles. The average Bonchev–Trinajstić information content (AvgIpc) is 3.09. The van der Waals surface area contributed by atoms with Crippen molar-refractivity contribution in [1.29, 1.82) is 0 Å². The number of likely N-dealkylation sites (tertiary alicyclic amines) is 1. The third-order valence-corrected chi connectivity index (χ3v) is 5.34. The summed E-state index contributed by atoms with van der Waals surface area (Å²) in [5.74, 6) is 2.01. The van der Waals surface area contributed by atoms with Crippen LogP contribution >= 0.6 is 0 Å². The highest BCUT2D eigenvalue weighted by molar-refractivity contribution is 5.96. The molecule has 1 saturated carbocycles. The summed E-state index contributed by atoms with van der Waals surface area (Å²) in [5, 5.41) is 9.47. The Morgan fingerprint density at radius 2 is 2.06 bits per heavy atom. The van der Waals surface area contributed by atoms with Crippen LogP contribution in [-0.2, 0) is 4.79 Å². The molecule has 0 radical (unpaired) electrons. The van der Waals surface area contributed by atoms with Crippen LogP contribution in [0.2, 0.25) is 0 Å². The maximum Gasteiger partial charge on any atom is 0.161 e. The van der Waals surface area contributed by atoms with E-state index in [1.54, 1.807) is 0 Å². The van der Waals surface area contributed by atoms with E-state index < -0.39 is 0 Å². The Kier molecular flexibility index (Phi) is 2.22. The number of carbonyl (C=O) groups is 1. The smallest absolute Gasteiger partial charge is 0.161 e. The molecule has 0 aromatic heterocycles. The normalized spacial score (nSPS) is 44.9. The van der Waals surface area contributed by atoms with Crippen molar-refractivity contribution >= 4 is 5.78 Å². The summed E-state index contributed by atoms with van der Waals surface area (Å²) in [6, 6.07) is 0.242. The first-order chi connectivity index (χ1) is 8.79. The number of hydrogen-bond acceptors (Lipinski definition) is 3. The van der Waals surface area contributed by atoms with Gasteiger partial charge in [-0.05, 0) is 31.1 Å². The lowest BCUT2D eigenvalue weighted by Gasteiger charge is -2.33. The molecule has 1 N–H and O–H groups in total. The van der Waals surface area contributed by atoms with E-state index in [2.05, 4.69) is 17.1 Å². The van der Waals surface area contributed by atoms with Gasteiger partial charge in [-0.15, -0.1) is 0 Å². The highest BCUT2D eigenvalue weighted by Gasteiger charge is 2.53. The van der Waals surface area contributed by atoms with Gasteiger partial charge in [0.15, 0.2) is 5.78 Å². The number of allylic oxidation sites excluding steroid dienone is 4. The number of ketones is 1. The van der Waals surface area contributed by atoms with Crippen LogP contribution in [0, 0.1) is 23.7 Å². The van der Waals surface area contributed by atoms with Crippen molar-refractivity contribution in [3.8, 4) is 0 Å². The summed E-state index contributed by atoms with van der Waals surface area (Å²) in [7, 11) is 0. The molecule has 3 nitrogen and oxygen atoms in total. The van der Waals surface area contributed by atoms with Gasteiger partial charge in [-0.2, -0.15) is 0 Å². The van der Waals surface area contributed by atoms with Crippen LogP contribution in [0.4, 0.5) is 0 Å². The molecule has 0 unspecified atom stereocenters. The van der Waals surface area contributed by atoms with Gasteiger partial charge in [0.2, 0.25) is 0 Å². The fourth-order valence-electron chi connectivity index (χ4n) is 4.59. The molecule has 1 saturated heterocycles. The molecule has 2 bridgehead atoms. The van der Waals surface area contributed by atoms with Gasteiger partial charge in [-0.25, -0.2) is 0 Å². The van der Waals surface area contributed by atoms with Gasteiger partial charge >= 0.3 is 0 Å². The molecule has 5 atom stereocenters. The van der Waals surface area contributed by atoms with Crippen molar-refractivity contribution in [2.24, 2.45) is 23.7 Å². The summed E-state index contributed by atoms with van der Waals surface area (Å²) in [6.07, 6.45) is 9.79. The lowest BCUT2D eigenvalue weighted by Crippen LogP contribution is -2.35. The maximum absolute atomic E-state index is 12.2. The molecule has 4 rings (SSSR count). The predicted molar refractivity (Wildman–Crippen MR) is 67.6 cm³/mol. The molecular formula is C15H19NO2. The lowest BCUT2D eigenvalue weighted by molar-refractivity contribution is -0.118. The summed E-state index contributed by atoms with van der Waals surface area (Å²) in [6.45, 7) is 1.22. The highest BCUT2D eigenvalue weighted by atomic mass is 16.3. The Hall–Kier alpha value is -1.09. The molecule has 0 amide bonds. The van der Waals surface area contributed by atoms with Gasteiger partial charge in [0, 0.05) is 30.2 Å². The first-order valence-corrected chi connectivity index (χ1v) is 7.11. The van der Waals surface area contributed by atoms with Crippen molar-refractivity contribution in [3.63, 3.8) is 0 Å². The van der Waals surface area contributed by atoms with Crippen LogP contribution in [0.1, 0.15) is 19.3 Å². The van der Waals surface area contributed by atoms with E-state index in [-0.39, 0.29) is 18.6 Å². The first kappa shape index (κ1) is 10.8. The van der Waals surface area contributed by atoms with E-state index in [0.717, 1.165) is 25.8 Å². The number of nitrogens with zero attached hydrogens (tertiary/aromatic N) is 1. The second kappa shape index (κ2) is 3.70. The van der Waals surface area contributed by atoms with E-state index in [4.69, 9.17) is 0 Å². The van der Waals surface area contributed by atoms with Gasteiger partial charge in [0.1, 0.15) is 0 Å². The molecule has 0 spiro atoms. The van der Waals surface area contributed by atoms with E-state index in [1.165, 1.54) is 5.70 Å². The zero-order valence-corrected chi connectivity index (χ0v) is 10.5. The second-order valence-corrected chi connectivity index (χ2v) is 6.14. The van der Waals surface area contributed by atoms with Crippen LogP contribution in [-0.4, -0.2) is 35.0 Å². The fraction of sp³-hybridized carbons (Fsp3) is 0.667. The summed E-state index contributed by atoms with van der Waals surface area (Å²) >= 11 is 0. The number of aliphatic hydroxyl groups is 1. The van der Waals surface area contributed by atoms with Crippen LogP contribution < -0.4 is 0 Å². The Balaban J connectivity index is 1.67. The van der Waals surface area contributed by atoms with Crippen LogP contribution in [0.5, 0.6) is 0 Å². The SMILES string of the molecule is O=C1C=C(N2CCC[C@H]2CO)[C@@H]2[C@H]1[C@@H]1C=C[C@H]2C1. The van der Waals surface area contributed by atoms with Crippen LogP contribution in [0.15, 0.2) is 23.9 Å². The number of fused-ring (bicyclic) bond motifs is 5. The second-order valence-electron chi connectivity index (χ2n) is 6.14. The molecule has 96 valence electrons. The highest BCUT2D eigenvalue weighted by Crippen LogP contribution is 2.55. The van der Waals surface area contributed by atoms with E-state index in [0.29, 0.717) is 23.5 Å². The standard InChI is InChI=1S/C15H19NO2/c17-8-11-2-1-5-16(11)12-7-13(18)15-10-4-3-9(6-10)14(12)15/h3-4,7,9-11,14-15,17H,1-2,5-6,8H2/t9-,10+,11-,14+,15-/m0/s1. The van der Waals surface area contributed by atoms with Crippen molar-refractivity contribution in [3.05, 3.63) is 23.9 Å². The summed E-state index contributed by atoms with van der Waals surface area (Å²) in [4.78, 5) is 14.5. The van der Waals surface area contributed by atoms with Crippen molar-refractivity contribution in [2.75, 3.05) is 13.2 Å². The molecule has 3 aliphatic carbocycles. The molecule has 3 heteroatoms. The molecule has 0 aromatic carbocycles. The number of aliphatic hydroxyl groups excluding tert-OH is 1. The quantitative estimate of drug-likeness (QED) is 0.747. The van der Waals surface area contributed by atoms with E-state index in [9.17, 15) is 9.90 Å². The van der Waals surface area contributed by atoms with Gasteiger partial charge in [0.25, 0.3) is 0 Å².